The second-order valence-electron chi connectivity index (χ2n) is 8.84. The first-order chi connectivity index (χ1) is 16.6. The van der Waals surface area contributed by atoms with Crippen molar-refractivity contribution in [1.82, 2.24) is 9.55 Å². The number of hydrogen-bond donors (Lipinski definition) is 0. The van der Waals surface area contributed by atoms with E-state index in [1.54, 1.807) is 4.90 Å². The van der Waals surface area contributed by atoms with Crippen LogP contribution in [0, 0.1) is 6.92 Å². The zero-order valence-corrected chi connectivity index (χ0v) is 20.0. The predicted molar refractivity (Wildman–Crippen MR) is 137 cm³/mol. The number of benzene rings is 3. The Morgan fingerprint density at radius 3 is 2.59 bits per heavy atom. The van der Waals surface area contributed by atoms with Crippen molar-refractivity contribution < 1.29 is 9.53 Å². The van der Waals surface area contributed by atoms with E-state index >= 15 is 0 Å². The fourth-order valence-corrected chi connectivity index (χ4v) is 4.86. The van der Waals surface area contributed by atoms with E-state index in [2.05, 4.69) is 29.7 Å². The molecule has 1 aliphatic heterocycles. The molecule has 174 valence electrons. The van der Waals surface area contributed by atoms with Gasteiger partial charge in [-0.05, 0) is 56.2 Å². The van der Waals surface area contributed by atoms with Gasteiger partial charge in [-0.25, -0.2) is 4.98 Å². The molecule has 5 nitrogen and oxygen atoms in total. The maximum atomic E-state index is 12.9. The molecule has 0 bridgehead atoms. The number of amides is 1. The number of unbranched alkanes of at least 4 members (excludes halogenated alkanes) is 1. The highest BCUT2D eigenvalue weighted by atomic mass is 35.5. The van der Waals surface area contributed by atoms with Gasteiger partial charge < -0.3 is 14.2 Å². The minimum Gasteiger partial charge on any atom is -0.494 e. The maximum Gasteiger partial charge on any atom is 0.227 e. The number of hydrogen-bond acceptors (Lipinski definition) is 3. The quantitative estimate of drug-likeness (QED) is 0.279. The van der Waals surface area contributed by atoms with E-state index in [-0.39, 0.29) is 11.8 Å². The van der Waals surface area contributed by atoms with Crippen molar-refractivity contribution >= 4 is 34.2 Å². The summed E-state index contributed by atoms with van der Waals surface area (Å²) in [6.45, 7) is 4.17. The molecule has 5 rings (SSSR count). The van der Waals surface area contributed by atoms with Crippen LogP contribution in [-0.4, -0.2) is 28.6 Å². The first-order valence-electron chi connectivity index (χ1n) is 11.8. The molecule has 0 aliphatic carbocycles. The van der Waals surface area contributed by atoms with E-state index in [1.807, 2.05) is 54.6 Å². The topological polar surface area (TPSA) is 47.4 Å². The third-order valence-corrected chi connectivity index (χ3v) is 6.70. The lowest BCUT2D eigenvalue weighted by atomic mass is 10.1. The monoisotopic (exact) mass is 473 g/mol. The molecule has 0 N–H and O–H groups in total. The summed E-state index contributed by atoms with van der Waals surface area (Å²) >= 11 is 6.38. The summed E-state index contributed by atoms with van der Waals surface area (Å²) in [6.07, 6.45) is 2.34. The first kappa shape index (κ1) is 22.5. The molecule has 6 heteroatoms. The summed E-state index contributed by atoms with van der Waals surface area (Å²) in [5, 5.41) is 0.596. The second-order valence-corrected chi connectivity index (χ2v) is 9.24. The molecular weight excluding hydrogens is 446 g/mol. The van der Waals surface area contributed by atoms with E-state index in [9.17, 15) is 4.79 Å². The molecule has 1 saturated heterocycles. The van der Waals surface area contributed by atoms with Gasteiger partial charge in [0, 0.05) is 25.4 Å². The van der Waals surface area contributed by atoms with Crippen molar-refractivity contribution in [3.8, 4) is 5.75 Å². The molecule has 1 fully saturated rings. The molecule has 0 saturated carbocycles. The summed E-state index contributed by atoms with van der Waals surface area (Å²) in [6, 6.07) is 23.9. The number of rotatable bonds is 8. The predicted octanol–water partition coefficient (Wildman–Crippen LogP) is 6.38. The summed E-state index contributed by atoms with van der Waals surface area (Å²) in [4.78, 5) is 19.7. The van der Waals surface area contributed by atoms with Crippen molar-refractivity contribution in [2.75, 3.05) is 18.1 Å². The number of ether oxygens (including phenoxy) is 1. The van der Waals surface area contributed by atoms with Gasteiger partial charge in [-0.1, -0.05) is 53.6 Å². The highest BCUT2D eigenvalue weighted by Crippen LogP contribution is 2.36. The standard InChI is InChI=1S/C28H28ClN3O2/c1-20-12-14-22(15-13-20)34-17-7-6-16-31-26-11-5-3-9-24(26)30-28(31)21-18-27(33)32(19-21)25-10-4-2-8-23(25)29/h2-5,8-15,21H,6-7,16-19H2,1H3/t21-/m1/s1. The highest BCUT2D eigenvalue weighted by Gasteiger charge is 2.35. The third-order valence-electron chi connectivity index (χ3n) is 6.38. The van der Waals surface area contributed by atoms with Crippen molar-refractivity contribution in [3.05, 3.63) is 89.2 Å². The van der Waals surface area contributed by atoms with Gasteiger partial charge >= 0.3 is 0 Å². The van der Waals surface area contributed by atoms with Gasteiger partial charge in [-0.15, -0.1) is 0 Å². The van der Waals surface area contributed by atoms with Gasteiger partial charge in [0.15, 0.2) is 0 Å². The molecule has 0 unspecified atom stereocenters. The summed E-state index contributed by atoms with van der Waals surface area (Å²) in [7, 11) is 0. The minimum atomic E-state index is 0.0278. The smallest absolute Gasteiger partial charge is 0.227 e. The molecule has 34 heavy (non-hydrogen) atoms. The zero-order chi connectivity index (χ0) is 23.5. The molecule has 1 aliphatic rings. The lowest BCUT2D eigenvalue weighted by Crippen LogP contribution is -2.24. The lowest BCUT2D eigenvalue weighted by molar-refractivity contribution is -0.117. The Hall–Kier alpha value is -3.31. The number of para-hydroxylation sites is 3. The van der Waals surface area contributed by atoms with Gasteiger partial charge in [-0.3, -0.25) is 4.79 Å². The zero-order valence-electron chi connectivity index (χ0n) is 19.3. The summed E-state index contributed by atoms with van der Waals surface area (Å²) in [5.74, 6) is 2.00. The molecule has 2 heterocycles. The van der Waals surface area contributed by atoms with E-state index in [0.717, 1.165) is 47.7 Å². The van der Waals surface area contributed by atoms with Crippen LogP contribution in [0.1, 0.15) is 36.6 Å². The number of carbonyl (C=O) groups is 1. The van der Waals surface area contributed by atoms with Gasteiger partial charge in [0.1, 0.15) is 11.6 Å². The Kier molecular flexibility index (Phi) is 6.54. The Balaban J connectivity index is 1.30. The molecule has 1 atom stereocenters. The summed E-state index contributed by atoms with van der Waals surface area (Å²) in [5.41, 5.74) is 4.08. The normalized spacial score (nSPS) is 15.9. The molecule has 0 radical (unpaired) electrons. The fraction of sp³-hybridized carbons (Fsp3) is 0.286. The number of imidazole rings is 1. The van der Waals surface area contributed by atoms with Gasteiger partial charge in [0.05, 0.1) is 28.4 Å². The number of halogens is 1. The number of anilines is 1. The van der Waals surface area contributed by atoms with Crippen LogP contribution in [0.5, 0.6) is 5.75 Å². The third kappa shape index (κ3) is 4.66. The van der Waals surface area contributed by atoms with Gasteiger partial charge in [0.2, 0.25) is 5.91 Å². The fourth-order valence-electron chi connectivity index (χ4n) is 4.62. The van der Waals surface area contributed by atoms with Crippen LogP contribution >= 0.6 is 11.6 Å². The SMILES string of the molecule is Cc1ccc(OCCCCn2c([C@@H]3CC(=O)N(c4ccccc4Cl)C3)nc3ccccc32)cc1. The van der Waals surface area contributed by atoms with Crippen LogP contribution in [0.15, 0.2) is 72.8 Å². The number of aromatic nitrogens is 2. The Morgan fingerprint density at radius 1 is 1.00 bits per heavy atom. The second kappa shape index (κ2) is 9.90. The molecule has 4 aromatic rings. The van der Waals surface area contributed by atoms with E-state index in [0.29, 0.717) is 24.6 Å². The Labute approximate surface area is 204 Å². The van der Waals surface area contributed by atoms with Crippen LogP contribution in [-0.2, 0) is 11.3 Å². The van der Waals surface area contributed by atoms with E-state index in [4.69, 9.17) is 21.3 Å². The first-order valence-corrected chi connectivity index (χ1v) is 12.2. The van der Waals surface area contributed by atoms with Crippen LogP contribution in [0.3, 0.4) is 0 Å². The van der Waals surface area contributed by atoms with Crippen molar-refractivity contribution in [2.24, 2.45) is 0 Å². The van der Waals surface area contributed by atoms with E-state index in [1.165, 1.54) is 5.56 Å². The number of fused-ring (bicyclic) bond motifs is 1. The Bertz CT molecular complexity index is 1300. The van der Waals surface area contributed by atoms with Crippen LogP contribution in [0.25, 0.3) is 11.0 Å². The van der Waals surface area contributed by atoms with Gasteiger partial charge in [0.25, 0.3) is 0 Å². The number of nitrogens with zero attached hydrogens (tertiary/aromatic N) is 3. The van der Waals surface area contributed by atoms with Crippen LogP contribution < -0.4 is 9.64 Å². The average molecular weight is 474 g/mol. The molecular formula is C28H28ClN3O2. The summed E-state index contributed by atoms with van der Waals surface area (Å²) < 4.78 is 8.18. The molecule has 0 spiro atoms. The minimum absolute atomic E-state index is 0.0278. The maximum absolute atomic E-state index is 12.9. The van der Waals surface area contributed by atoms with E-state index < -0.39 is 0 Å². The van der Waals surface area contributed by atoms with Crippen molar-refractivity contribution in [1.29, 1.82) is 0 Å². The molecule has 3 aromatic carbocycles. The Morgan fingerprint density at radius 2 is 1.76 bits per heavy atom. The average Bonchev–Trinajstić information content (AvgIpc) is 3.41. The van der Waals surface area contributed by atoms with Crippen LogP contribution in [0.4, 0.5) is 5.69 Å². The highest BCUT2D eigenvalue weighted by molar-refractivity contribution is 6.33. The van der Waals surface area contributed by atoms with Crippen molar-refractivity contribution in [2.45, 2.75) is 38.6 Å². The molecule has 1 aromatic heterocycles. The molecule has 1 amide bonds. The lowest BCUT2D eigenvalue weighted by Gasteiger charge is -2.18. The number of aryl methyl sites for hydroxylation is 2. The number of carbonyl (C=O) groups excluding carboxylic acids is 1. The largest absolute Gasteiger partial charge is 0.494 e. The van der Waals surface area contributed by atoms with Gasteiger partial charge in [-0.2, -0.15) is 0 Å². The van der Waals surface area contributed by atoms with Crippen LogP contribution in [0.2, 0.25) is 5.02 Å². The van der Waals surface area contributed by atoms with Crippen molar-refractivity contribution in [3.63, 3.8) is 0 Å².